The molecular formula is C33H33FNO+. The fourth-order valence-electron chi connectivity index (χ4n) is 6.03. The van der Waals surface area contributed by atoms with Gasteiger partial charge in [-0.3, -0.25) is 0 Å². The Hall–Kier alpha value is -3.46. The number of pyridine rings is 1. The number of nitrogens with zero attached hydrogens (tertiary/aromatic N) is 1. The molecule has 0 aliphatic heterocycles. The number of hydrogen-bond acceptors (Lipinski definition) is 1. The first-order valence-corrected chi connectivity index (χ1v) is 13.0. The van der Waals surface area contributed by atoms with Crippen LogP contribution < -0.4 is 4.57 Å². The van der Waals surface area contributed by atoms with Gasteiger partial charge in [0.25, 0.3) is 0 Å². The normalized spacial score (nSPS) is 16.1. The highest BCUT2D eigenvalue weighted by molar-refractivity contribution is 6.13. The molecule has 5 aromatic rings. The first kappa shape index (κ1) is 23.0. The molecule has 0 amide bonds. The first-order valence-electron chi connectivity index (χ1n) is 13.0. The molecule has 1 aliphatic carbocycles. The van der Waals surface area contributed by atoms with Gasteiger partial charge in [-0.2, -0.15) is 0 Å². The maximum atomic E-state index is 15.5. The third-order valence-corrected chi connectivity index (χ3v) is 8.26. The van der Waals surface area contributed by atoms with Crippen LogP contribution in [0.1, 0.15) is 56.6 Å². The maximum absolute atomic E-state index is 15.5. The maximum Gasteiger partial charge on any atom is 0.216 e. The number of fused-ring (bicyclic) bond motifs is 3. The lowest BCUT2D eigenvalue weighted by molar-refractivity contribution is -0.660. The van der Waals surface area contributed by atoms with Gasteiger partial charge < -0.3 is 4.42 Å². The summed E-state index contributed by atoms with van der Waals surface area (Å²) in [6.45, 7) is 6.83. The molecule has 2 nitrogen and oxygen atoms in total. The Morgan fingerprint density at radius 1 is 0.861 bits per heavy atom. The topological polar surface area (TPSA) is 17.0 Å². The molecule has 0 atom stereocenters. The molecule has 6 rings (SSSR count). The van der Waals surface area contributed by atoms with Gasteiger partial charge in [0.1, 0.15) is 24.0 Å². The van der Waals surface area contributed by atoms with Gasteiger partial charge in [-0.25, -0.2) is 8.96 Å². The Kier molecular flexibility index (Phi) is 5.48. The van der Waals surface area contributed by atoms with Crippen LogP contribution in [0.25, 0.3) is 44.3 Å². The van der Waals surface area contributed by atoms with Crippen molar-refractivity contribution in [1.82, 2.24) is 0 Å². The average molecular weight is 479 g/mol. The van der Waals surface area contributed by atoms with Crippen molar-refractivity contribution in [3.63, 3.8) is 0 Å². The van der Waals surface area contributed by atoms with Crippen LogP contribution in [0, 0.1) is 18.2 Å². The molecule has 36 heavy (non-hydrogen) atoms. The van der Waals surface area contributed by atoms with Crippen LogP contribution >= 0.6 is 0 Å². The third-order valence-electron chi connectivity index (χ3n) is 8.26. The summed E-state index contributed by atoms with van der Waals surface area (Å²) >= 11 is 0. The first-order chi connectivity index (χ1) is 17.3. The molecule has 0 bridgehead atoms. The van der Waals surface area contributed by atoms with Gasteiger partial charge in [-0.1, -0.05) is 50.2 Å². The van der Waals surface area contributed by atoms with E-state index in [0.717, 1.165) is 38.7 Å². The number of aromatic nitrogens is 1. The molecule has 1 aliphatic rings. The van der Waals surface area contributed by atoms with E-state index in [2.05, 4.69) is 61.7 Å². The summed E-state index contributed by atoms with van der Waals surface area (Å²) in [6, 6.07) is 22.3. The van der Waals surface area contributed by atoms with Crippen molar-refractivity contribution in [1.29, 1.82) is 0 Å². The van der Waals surface area contributed by atoms with E-state index in [1.807, 2.05) is 37.5 Å². The predicted molar refractivity (Wildman–Crippen MR) is 145 cm³/mol. The minimum Gasteiger partial charge on any atom is -0.454 e. The molecule has 0 saturated heterocycles. The van der Waals surface area contributed by atoms with Crippen LogP contribution in [-0.2, 0) is 7.05 Å². The fraction of sp³-hybridized carbons (Fsp3) is 0.303. The zero-order valence-corrected chi connectivity index (χ0v) is 21.6. The highest BCUT2D eigenvalue weighted by atomic mass is 19.1. The van der Waals surface area contributed by atoms with Crippen LogP contribution in [0.3, 0.4) is 0 Å². The van der Waals surface area contributed by atoms with Gasteiger partial charge >= 0.3 is 0 Å². The van der Waals surface area contributed by atoms with E-state index in [4.69, 9.17) is 4.42 Å². The molecule has 0 spiro atoms. The van der Waals surface area contributed by atoms with Crippen molar-refractivity contribution in [3.05, 3.63) is 89.9 Å². The van der Waals surface area contributed by atoms with Crippen molar-refractivity contribution in [2.75, 3.05) is 0 Å². The lowest BCUT2D eigenvalue weighted by Crippen LogP contribution is -2.30. The summed E-state index contributed by atoms with van der Waals surface area (Å²) in [5.41, 5.74) is 7.87. The van der Waals surface area contributed by atoms with E-state index in [-0.39, 0.29) is 5.82 Å². The van der Waals surface area contributed by atoms with E-state index in [1.54, 1.807) is 6.07 Å². The van der Waals surface area contributed by atoms with Crippen molar-refractivity contribution in [2.24, 2.45) is 12.5 Å². The van der Waals surface area contributed by atoms with Crippen LogP contribution in [0.2, 0.25) is 0 Å². The van der Waals surface area contributed by atoms with Crippen LogP contribution in [0.5, 0.6) is 0 Å². The van der Waals surface area contributed by atoms with Gasteiger partial charge in [0.05, 0.1) is 11.1 Å². The number of aryl methyl sites for hydroxylation is 2. The Labute approximate surface area is 212 Å². The summed E-state index contributed by atoms with van der Waals surface area (Å²) in [6.07, 6.45) is 6.87. The lowest BCUT2D eigenvalue weighted by atomic mass is 9.71. The molecule has 2 aromatic heterocycles. The van der Waals surface area contributed by atoms with Crippen molar-refractivity contribution >= 4 is 21.9 Å². The molecular weight excluding hydrogens is 445 g/mol. The van der Waals surface area contributed by atoms with E-state index >= 15 is 4.39 Å². The van der Waals surface area contributed by atoms with Crippen LogP contribution in [0.15, 0.2) is 77.3 Å². The molecule has 0 N–H and O–H groups in total. The second-order valence-corrected chi connectivity index (χ2v) is 11.3. The molecule has 182 valence electrons. The molecule has 0 radical (unpaired) electrons. The minimum absolute atomic E-state index is 0.243. The summed E-state index contributed by atoms with van der Waals surface area (Å²) in [7, 11) is 2.04. The summed E-state index contributed by atoms with van der Waals surface area (Å²) in [4.78, 5) is 0. The van der Waals surface area contributed by atoms with Gasteiger partial charge in [-0.05, 0) is 78.8 Å². The fourth-order valence-corrected chi connectivity index (χ4v) is 6.03. The Balaban J connectivity index is 1.53. The van der Waals surface area contributed by atoms with Crippen LogP contribution in [-0.4, -0.2) is 0 Å². The summed E-state index contributed by atoms with van der Waals surface area (Å²) < 4.78 is 24.2. The summed E-state index contributed by atoms with van der Waals surface area (Å²) in [5, 5.41) is 1.97. The second-order valence-electron chi connectivity index (χ2n) is 11.3. The summed E-state index contributed by atoms with van der Waals surface area (Å²) in [5.74, 6) is 0.287. The minimum atomic E-state index is -0.243. The molecule has 1 fully saturated rings. The van der Waals surface area contributed by atoms with E-state index in [9.17, 15) is 0 Å². The lowest BCUT2D eigenvalue weighted by Gasteiger charge is -2.34. The molecule has 3 heteroatoms. The number of rotatable bonds is 3. The highest BCUT2D eigenvalue weighted by Crippen LogP contribution is 2.45. The van der Waals surface area contributed by atoms with Crippen molar-refractivity contribution < 1.29 is 13.4 Å². The van der Waals surface area contributed by atoms with Gasteiger partial charge in [-0.15, -0.1) is 0 Å². The number of hydrogen-bond donors (Lipinski definition) is 0. The smallest absolute Gasteiger partial charge is 0.216 e. The number of benzene rings is 3. The van der Waals surface area contributed by atoms with Crippen molar-refractivity contribution in [2.45, 2.75) is 52.4 Å². The SMILES string of the molecule is Cc1ccc2c(oc3c(-c4cccc(C5CCC(C)(C)CC5)c4)c(F)ccc32)c1-c1cccc[n+]1C. The van der Waals surface area contributed by atoms with Crippen molar-refractivity contribution in [3.8, 4) is 22.4 Å². The molecule has 2 heterocycles. The quantitative estimate of drug-likeness (QED) is 0.237. The zero-order valence-electron chi connectivity index (χ0n) is 21.6. The number of halogens is 1. The van der Waals surface area contributed by atoms with Gasteiger partial charge in [0, 0.05) is 22.9 Å². The third kappa shape index (κ3) is 3.82. The Morgan fingerprint density at radius 2 is 1.58 bits per heavy atom. The predicted octanol–water partition coefficient (Wildman–Crippen LogP) is 8.88. The van der Waals surface area contributed by atoms with E-state index < -0.39 is 0 Å². The second kappa shape index (κ2) is 8.58. The molecule has 0 unspecified atom stereocenters. The van der Waals surface area contributed by atoms with Gasteiger partial charge in [0.2, 0.25) is 5.69 Å². The van der Waals surface area contributed by atoms with E-state index in [0.29, 0.717) is 22.5 Å². The van der Waals surface area contributed by atoms with E-state index in [1.165, 1.54) is 31.2 Å². The Morgan fingerprint density at radius 3 is 2.33 bits per heavy atom. The molecule has 1 saturated carbocycles. The highest BCUT2D eigenvalue weighted by Gasteiger charge is 2.28. The molecule has 3 aromatic carbocycles. The Bertz CT molecular complexity index is 1600. The monoisotopic (exact) mass is 478 g/mol. The van der Waals surface area contributed by atoms with Crippen LogP contribution in [0.4, 0.5) is 4.39 Å². The largest absolute Gasteiger partial charge is 0.454 e. The van der Waals surface area contributed by atoms with Gasteiger partial charge in [0.15, 0.2) is 6.20 Å². The number of furan rings is 1. The average Bonchev–Trinajstić information content (AvgIpc) is 3.23. The standard InChI is InChI=1S/C33H33FNO/c1-21-11-12-25-26-13-14-27(34)30(32(26)36-31(25)29(21)28-10-5-6-19-35(28)4)24-9-7-8-23(20-24)22-15-17-33(2,3)18-16-22/h5-14,19-20,22H,15-18H2,1-4H3/q+1. The zero-order chi connectivity index (χ0) is 25.0.